The largest absolute Gasteiger partial charge is 0.507 e. The molecule has 0 bridgehead atoms. The minimum absolute atomic E-state index is 0.0480. The number of rotatable bonds is 3. The van der Waals surface area contributed by atoms with Crippen LogP contribution in [0.15, 0.2) is 12.1 Å². The Morgan fingerprint density at radius 3 is 2.85 bits per heavy atom. The lowest BCUT2D eigenvalue weighted by Gasteiger charge is -2.02. The van der Waals surface area contributed by atoms with Gasteiger partial charge in [-0.2, -0.15) is 0 Å². The molecule has 1 aromatic carbocycles. The van der Waals surface area contributed by atoms with E-state index in [0.717, 1.165) is 6.42 Å². The van der Waals surface area contributed by atoms with Gasteiger partial charge in [-0.25, -0.2) is 4.79 Å². The molecule has 13 heavy (non-hydrogen) atoms. The number of aromatic carboxylic acids is 1. The van der Waals surface area contributed by atoms with Crippen molar-refractivity contribution in [1.82, 2.24) is 0 Å². The maximum Gasteiger partial charge on any atom is 0.335 e. The number of carboxylic acid groups (broad SMARTS) is 1. The van der Waals surface area contributed by atoms with E-state index in [-0.39, 0.29) is 11.3 Å². The average Bonchev–Trinajstić information content (AvgIpc) is 2.08. The summed E-state index contributed by atoms with van der Waals surface area (Å²) in [4.78, 5) is 10.6. The standard InChI is InChI=1S/C10H11O3/c1-2-3-7-6-8(10(12)13)4-5-9(7)11/h4,6,11H,2-3H2,1H3,(H,12,13). The Kier molecular flexibility index (Phi) is 2.90. The summed E-state index contributed by atoms with van der Waals surface area (Å²) >= 11 is 0. The Morgan fingerprint density at radius 2 is 2.31 bits per heavy atom. The molecule has 0 spiro atoms. The van der Waals surface area contributed by atoms with Crippen molar-refractivity contribution in [3.05, 3.63) is 29.3 Å². The number of hydrogen-bond acceptors (Lipinski definition) is 2. The molecule has 0 aromatic heterocycles. The molecular formula is C10H11O3. The van der Waals surface area contributed by atoms with Gasteiger partial charge in [0.2, 0.25) is 0 Å². The highest BCUT2D eigenvalue weighted by atomic mass is 16.4. The summed E-state index contributed by atoms with van der Waals surface area (Å²) < 4.78 is 0. The molecule has 0 aliphatic heterocycles. The van der Waals surface area contributed by atoms with E-state index in [9.17, 15) is 9.90 Å². The molecule has 0 saturated heterocycles. The van der Waals surface area contributed by atoms with Crippen LogP contribution in [0.4, 0.5) is 0 Å². The fourth-order valence-electron chi connectivity index (χ4n) is 1.12. The van der Waals surface area contributed by atoms with Crippen LogP contribution in [0.5, 0.6) is 5.75 Å². The van der Waals surface area contributed by atoms with Gasteiger partial charge in [-0.15, -0.1) is 0 Å². The lowest BCUT2D eigenvalue weighted by Crippen LogP contribution is -1.97. The number of hydrogen-bond donors (Lipinski definition) is 2. The van der Waals surface area contributed by atoms with E-state index in [2.05, 4.69) is 6.07 Å². The molecule has 0 aliphatic carbocycles. The number of benzene rings is 1. The van der Waals surface area contributed by atoms with Crippen molar-refractivity contribution in [3.63, 3.8) is 0 Å². The zero-order valence-electron chi connectivity index (χ0n) is 7.37. The van der Waals surface area contributed by atoms with Crippen LogP contribution in [-0.4, -0.2) is 16.2 Å². The van der Waals surface area contributed by atoms with Crippen LogP contribution < -0.4 is 0 Å². The lowest BCUT2D eigenvalue weighted by atomic mass is 10.1. The summed E-state index contributed by atoms with van der Waals surface area (Å²) in [5.74, 6) is -0.944. The number of phenolic OH excluding ortho intramolecular Hbond substituents is 1. The first-order chi connectivity index (χ1) is 6.15. The van der Waals surface area contributed by atoms with Crippen molar-refractivity contribution in [1.29, 1.82) is 0 Å². The maximum absolute atomic E-state index is 10.6. The third-order valence-corrected chi connectivity index (χ3v) is 1.76. The fourth-order valence-corrected chi connectivity index (χ4v) is 1.12. The number of aromatic hydroxyl groups is 1. The summed E-state index contributed by atoms with van der Waals surface area (Å²) in [6.07, 6.45) is 1.54. The second kappa shape index (κ2) is 3.94. The van der Waals surface area contributed by atoms with Crippen molar-refractivity contribution in [2.24, 2.45) is 0 Å². The number of carboxylic acids is 1. The van der Waals surface area contributed by atoms with Gasteiger partial charge in [0, 0.05) is 6.07 Å². The van der Waals surface area contributed by atoms with Crippen LogP contribution >= 0.6 is 0 Å². The molecule has 3 heteroatoms. The van der Waals surface area contributed by atoms with Gasteiger partial charge in [-0.3, -0.25) is 0 Å². The van der Waals surface area contributed by atoms with Crippen LogP contribution in [0.2, 0.25) is 0 Å². The minimum atomic E-state index is -0.992. The highest BCUT2D eigenvalue weighted by molar-refractivity contribution is 5.87. The van der Waals surface area contributed by atoms with Gasteiger partial charge >= 0.3 is 5.97 Å². The predicted octanol–water partition coefficient (Wildman–Crippen LogP) is 1.84. The summed E-state index contributed by atoms with van der Waals surface area (Å²) in [5.41, 5.74) is 0.809. The first-order valence-corrected chi connectivity index (χ1v) is 4.12. The summed E-state index contributed by atoms with van der Waals surface area (Å²) in [7, 11) is 0. The van der Waals surface area contributed by atoms with Gasteiger partial charge in [-0.05, 0) is 24.1 Å². The molecule has 0 atom stereocenters. The average molecular weight is 179 g/mol. The zero-order valence-corrected chi connectivity index (χ0v) is 7.37. The van der Waals surface area contributed by atoms with Crippen molar-refractivity contribution in [2.45, 2.75) is 19.8 Å². The Morgan fingerprint density at radius 1 is 1.62 bits per heavy atom. The number of carbonyl (C=O) groups is 1. The number of aryl methyl sites for hydroxylation is 1. The summed E-state index contributed by atoms with van der Waals surface area (Å²) in [6.45, 7) is 1.97. The predicted molar refractivity (Wildman–Crippen MR) is 47.9 cm³/mol. The third-order valence-electron chi connectivity index (χ3n) is 1.76. The highest BCUT2D eigenvalue weighted by Gasteiger charge is 2.06. The van der Waals surface area contributed by atoms with E-state index in [1.807, 2.05) is 6.92 Å². The smallest absolute Gasteiger partial charge is 0.335 e. The Hall–Kier alpha value is -1.51. The van der Waals surface area contributed by atoms with Crippen molar-refractivity contribution < 1.29 is 15.0 Å². The molecule has 0 amide bonds. The van der Waals surface area contributed by atoms with E-state index < -0.39 is 5.97 Å². The van der Waals surface area contributed by atoms with Gasteiger partial charge in [-0.1, -0.05) is 13.3 Å². The first kappa shape index (κ1) is 9.58. The molecule has 3 nitrogen and oxygen atoms in total. The van der Waals surface area contributed by atoms with E-state index >= 15 is 0 Å². The topological polar surface area (TPSA) is 57.5 Å². The van der Waals surface area contributed by atoms with Crippen molar-refractivity contribution >= 4 is 5.97 Å². The second-order valence-corrected chi connectivity index (χ2v) is 2.82. The molecule has 0 saturated carbocycles. The van der Waals surface area contributed by atoms with Gasteiger partial charge in [0.25, 0.3) is 0 Å². The summed E-state index contributed by atoms with van der Waals surface area (Å²) in [5, 5.41) is 18.0. The molecule has 0 aliphatic rings. The number of phenols is 1. The molecule has 1 aromatic rings. The molecule has 0 unspecified atom stereocenters. The molecule has 0 fully saturated rings. The Labute approximate surface area is 76.6 Å². The molecular weight excluding hydrogens is 168 g/mol. The van der Waals surface area contributed by atoms with Gasteiger partial charge in [0.05, 0.1) is 5.56 Å². The zero-order chi connectivity index (χ0) is 9.84. The molecule has 1 radical (unpaired) electrons. The van der Waals surface area contributed by atoms with Gasteiger partial charge in [0.15, 0.2) is 0 Å². The normalized spacial score (nSPS) is 9.92. The van der Waals surface area contributed by atoms with E-state index in [0.29, 0.717) is 12.0 Å². The molecule has 2 N–H and O–H groups in total. The third kappa shape index (κ3) is 2.21. The monoisotopic (exact) mass is 179 g/mol. The lowest BCUT2D eigenvalue weighted by molar-refractivity contribution is 0.0696. The highest BCUT2D eigenvalue weighted by Crippen LogP contribution is 2.19. The first-order valence-electron chi connectivity index (χ1n) is 4.12. The molecule has 1 rings (SSSR count). The maximum atomic E-state index is 10.6. The Balaban J connectivity index is 3.03. The van der Waals surface area contributed by atoms with E-state index in [1.165, 1.54) is 12.1 Å². The van der Waals surface area contributed by atoms with Gasteiger partial charge < -0.3 is 10.2 Å². The second-order valence-electron chi connectivity index (χ2n) is 2.82. The Bertz CT molecular complexity index is 318. The van der Waals surface area contributed by atoms with Crippen LogP contribution in [0.25, 0.3) is 0 Å². The molecule has 69 valence electrons. The van der Waals surface area contributed by atoms with Crippen LogP contribution in [0, 0.1) is 6.07 Å². The fraction of sp³-hybridized carbons (Fsp3) is 0.300. The van der Waals surface area contributed by atoms with Crippen LogP contribution in [-0.2, 0) is 6.42 Å². The van der Waals surface area contributed by atoms with Crippen molar-refractivity contribution in [2.75, 3.05) is 0 Å². The minimum Gasteiger partial charge on any atom is -0.507 e. The van der Waals surface area contributed by atoms with E-state index in [4.69, 9.17) is 5.11 Å². The van der Waals surface area contributed by atoms with Crippen LogP contribution in [0.1, 0.15) is 29.3 Å². The molecule has 0 heterocycles. The van der Waals surface area contributed by atoms with Gasteiger partial charge in [0.1, 0.15) is 5.75 Å². The quantitative estimate of drug-likeness (QED) is 0.744. The summed E-state index contributed by atoms with van der Waals surface area (Å²) in [6, 6.07) is 5.27. The van der Waals surface area contributed by atoms with Crippen LogP contribution in [0.3, 0.4) is 0 Å². The van der Waals surface area contributed by atoms with Crippen molar-refractivity contribution in [3.8, 4) is 5.75 Å². The SMILES string of the molecule is CCCc1cc(C(=O)O)c[c]c1O. The van der Waals surface area contributed by atoms with E-state index in [1.54, 1.807) is 0 Å².